The van der Waals surface area contributed by atoms with Gasteiger partial charge in [-0.3, -0.25) is 14.7 Å². The van der Waals surface area contributed by atoms with Crippen molar-refractivity contribution in [2.45, 2.75) is 19.6 Å². The van der Waals surface area contributed by atoms with Gasteiger partial charge in [-0.1, -0.05) is 36.4 Å². The summed E-state index contributed by atoms with van der Waals surface area (Å²) in [5.41, 5.74) is 2.98. The van der Waals surface area contributed by atoms with Crippen LogP contribution < -0.4 is 9.84 Å². The number of piperazine rings is 1. The van der Waals surface area contributed by atoms with Gasteiger partial charge in [0.2, 0.25) is 5.91 Å². The molecule has 1 fully saturated rings. The highest BCUT2D eigenvalue weighted by atomic mass is 16.5. The van der Waals surface area contributed by atoms with Crippen LogP contribution in [0.15, 0.2) is 73.1 Å². The average molecular weight is 445 g/mol. The number of amides is 1. The van der Waals surface area contributed by atoms with E-state index in [9.17, 15) is 14.7 Å². The van der Waals surface area contributed by atoms with E-state index in [4.69, 9.17) is 4.74 Å². The van der Waals surface area contributed by atoms with Crippen molar-refractivity contribution in [1.29, 1.82) is 0 Å². The number of nitrogens with zero attached hydrogens (tertiary/aromatic N) is 3. The molecule has 1 aromatic heterocycles. The van der Waals surface area contributed by atoms with Crippen molar-refractivity contribution in [2.75, 3.05) is 26.2 Å². The molecule has 0 radical (unpaired) electrons. The summed E-state index contributed by atoms with van der Waals surface area (Å²) in [7, 11) is 0. The number of hydrogen-bond acceptors (Lipinski definition) is 6. The van der Waals surface area contributed by atoms with E-state index in [2.05, 4.69) is 16.0 Å². The van der Waals surface area contributed by atoms with Gasteiger partial charge in [0.05, 0.1) is 12.4 Å². The second kappa shape index (κ2) is 10.7. The van der Waals surface area contributed by atoms with Crippen LogP contribution >= 0.6 is 0 Å². The number of pyridine rings is 1. The lowest BCUT2D eigenvalue weighted by Crippen LogP contribution is -2.48. The maximum absolute atomic E-state index is 12.6. The first-order chi connectivity index (χ1) is 16.1. The molecule has 2 aromatic carbocycles. The summed E-state index contributed by atoms with van der Waals surface area (Å²) in [6, 6.07) is 18.3. The third kappa shape index (κ3) is 6.40. The minimum Gasteiger partial charge on any atom is -0.545 e. The van der Waals surface area contributed by atoms with Gasteiger partial charge < -0.3 is 19.5 Å². The van der Waals surface area contributed by atoms with Crippen LogP contribution in [0, 0.1) is 0 Å². The predicted octanol–water partition coefficient (Wildman–Crippen LogP) is 1.91. The molecule has 0 saturated carbocycles. The van der Waals surface area contributed by atoms with E-state index in [-0.39, 0.29) is 18.1 Å². The van der Waals surface area contributed by atoms with Gasteiger partial charge in [0, 0.05) is 45.1 Å². The average Bonchev–Trinajstić information content (AvgIpc) is 2.84. The quantitative estimate of drug-likeness (QED) is 0.528. The highest BCUT2D eigenvalue weighted by Gasteiger charge is 2.21. The molecule has 7 heteroatoms. The molecule has 0 aliphatic carbocycles. The van der Waals surface area contributed by atoms with Crippen molar-refractivity contribution >= 4 is 11.9 Å². The van der Waals surface area contributed by atoms with Crippen LogP contribution in [0.4, 0.5) is 0 Å². The minimum atomic E-state index is -1.20. The maximum atomic E-state index is 12.6. The van der Waals surface area contributed by atoms with Crippen LogP contribution in [0.2, 0.25) is 0 Å². The molecule has 33 heavy (non-hydrogen) atoms. The Balaban J connectivity index is 1.26. The van der Waals surface area contributed by atoms with Crippen molar-refractivity contribution in [3.8, 4) is 5.75 Å². The summed E-state index contributed by atoms with van der Waals surface area (Å²) in [6.07, 6.45) is 3.84. The molecule has 0 atom stereocenters. The van der Waals surface area contributed by atoms with E-state index in [1.165, 1.54) is 6.07 Å². The van der Waals surface area contributed by atoms with Crippen molar-refractivity contribution in [3.63, 3.8) is 0 Å². The molecule has 0 unspecified atom stereocenters. The fourth-order valence-corrected chi connectivity index (χ4v) is 3.89. The van der Waals surface area contributed by atoms with Gasteiger partial charge in [-0.2, -0.15) is 0 Å². The van der Waals surface area contributed by atoms with Gasteiger partial charge in [-0.05, 0) is 46.5 Å². The van der Waals surface area contributed by atoms with Gasteiger partial charge in [-0.15, -0.1) is 0 Å². The molecule has 1 aliphatic rings. The van der Waals surface area contributed by atoms with Gasteiger partial charge in [-0.25, -0.2) is 0 Å². The smallest absolute Gasteiger partial charge is 0.227 e. The largest absolute Gasteiger partial charge is 0.545 e. The van der Waals surface area contributed by atoms with E-state index in [1.54, 1.807) is 24.5 Å². The molecular formula is C26H26N3O4-. The van der Waals surface area contributed by atoms with Gasteiger partial charge in [0.25, 0.3) is 0 Å². The second-order valence-corrected chi connectivity index (χ2v) is 8.12. The van der Waals surface area contributed by atoms with Crippen LogP contribution in [0.1, 0.15) is 27.0 Å². The van der Waals surface area contributed by atoms with Crippen molar-refractivity contribution in [1.82, 2.24) is 14.8 Å². The summed E-state index contributed by atoms with van der Waals surface area (Å²) in [6.45, 7) is 4.12. The number of aromatic nitrogens is 1. The van der Waals surface area contributed by atoms with Crippen LogP contribution in [-0.4, -0.2) is 52.8 Å². The summed E-state index contributed by atoms with van der Waals surface area (Å²) in [4.78, 5) is 31.9. The van der Waals surface area contributed by atoms with E-state index in [0.717, 1.165) is 42.1 Å². The normalized spacial score (nSPS) is 14.1. The third-order valence-electron chi connectivity index (χ3n) is 5.68. The number of carboxylic acids is 1. The third-order valence-corrected chi connectivity index (χ3v) is 5.68. The van der Waals surface area contributed by atoms with Crippen LogP contribution in [0.3, 0.4) is 0 Å². The van der Waals surface area contributed by atoms with E-state index in [0.29, 0.717) is 19.5 Å². The fraction of sp³-hybridized carbons (Fsp3) is 0.269. The highest BCUT2D eigenvalue weighted by Crippen LogP contribution is 2.18. The number of carboxylic acid groups (broad SMARTS) is 1. The maximum Gasteiger partial charge on any atom is 0.227 e. The Hall–Kier alpha value is -3.71. The molecule has 2 heterocycles. The second-order valence-electron chi connectivity index (χ2n) is 8.12. The summed E-state index contributed by atoms with van der Waals surface area (Å²) in [5.74, 6) is -0.324. The number of benzene rings is 2. The van der Waals surface area contributed by atoms with Gasteiger partial charge in [0.1, 0.15) is 12.4 Å². The molecule has 3 aromatic rings. The Morgan fingerprint density at radius 2 is 1.67 bits per heavy atom. The zero-order chi connectivity index (χ0) is 23.0. The van der Waals surface area contributed by atoms with Crippen LogP contribution in [-0.2, 0) is 24.4 Å². The number of hydrogen-bond donors (Lipinski definition) is 0. The lowest BCUT2D eigenvalue weighted by Gasteiger charge is -2.34. The zero-order valence-electron chi connectivity index (χ0n) is 18.4. The molecule has 0 spiro atoms. The monoisotopic (exact) mass is 444 g/mol. The van der Waals surface area contributed by atoms with Crippen molar-refractivity contribution in [3.05, 3.63) is 95.3 Å². The Bertz CT molecular complexity index is 1100. The zero-order valence-corrected chi connectivity index (χ0v) is 18.4. The number of ether oxygens (including phenoxy) is 1. The van der Waals surface area contributed by atoms with E-state index < -0.39 is 5.97 Å². The van der Waals surface area contributed by atoms with Crippen molar-refractivity contribution in [2.24, 2.45) is 0 Å². The SMILES string of the molecule is O=C([O-])c1cccc(COc2cccc(CN3CCN(C(=O)Cc4cccnc4)CC3)c2)c1. The molecule has 0 N–H and O–H groups in total. The lowest BCUT2D eigenvalue weighted by atomic mass is 10.1. The molecule has 1 saturated heterocycles. The Morgan fingerprint density at radius 3 is 2.42 bits per heavy atom. The predicted molar refractivity (Wildman–Crippen MR) is 121 cm³/mol. The molecular weight excluding hydrogens is 418 g/mol. The Labute approximate surface area is 193 Å². The van der Waals surface area contributed by atoms with Crippen LogP contribution in [0.5, 0.6) is 5.75 Å². The molecule has 0 bridgehead atoms. The lowest BCUT2D eigenvalue weighted by molar-refractivity contribution is -0.255. The first-order valence-electron chi connectivity index (χ1n) is 11.0. The number of rotatable bonds is 8. The minimum absolute atomic E-state index is 0.140. The molecule has 4 rings (SSSR count). The topological polar surface area (TPSA) is 85.8 Å². The number of carbonyl (C=O) groups is 2. The molecule has 170 valence electrons. The first-order valence-corrected chi connectivity index (χ1v) is 11.0. The number of carbonyl (C=O) groups excluding carboxylic acids is 2. The summed E-state index contributed by atoms with van der Waals surface area (Å²) >= 11 is 0. The first kappa shape index (κ1) is 22.5. The van der Waals surface area contributed by atoms with Gasteiger partial charge in [0.15, 0.2) is 0 Å². The highest BCUT2D eigenvalue weighted by molar-refractivity contribution is 5.85. The van der Waals surface area contributed by atoms with Crippen molar-refractivity contribution < 1.29 is 19.4 Å². The molecule has 7 nitrogen and oxygen atoms in total. The molecule has 1 amide bonds. The Kier molecular flexibility index (Phi) is 7.32. The summed E-state index contributed by atoms with van der Waals surface area (Å²) < 4.78 is 5.87. The standard InChI is InChI=1S/C26H27N3O4/c30-25(16-20-6-3-9-27-17-20)29-12-10-28(11-13-29)18-21-4-2-8-24(15-21)33-19-22-5-1-7-23(14-22)26(31)32/h1-9,14-15,17H,10-13,16,18-19H2,(H,31,32)/p-1. The Morgan fingerprint density at radius 1 is 0.909 bits per heavy atom. The van der Waals surface area contributed by atoms with E-state index >= 15 is 0 Å². The van der Waals surface area contributed by atoms with E-state index in [1.807, 2.05) is 41.3 Å². The van der Waals surface area contributed by atoms with Crippen LogP contribution in [0.25, 0.3) is 0 Å². The fourth-order valence-electron chi connectivity index (χ4n) is 3.89. The van der Waals surface area contributed by atoms with Gasteiger partial charge >= 0.3 is 0 Å². The molecule has 1 aliphatic heterocycles. The number of aromatic carboxylic acids is 1. The summed E-state index contributed by atoms with van der Waals surface area (Å²) in [5, 5.41) is 11.0.